The van der Waals surface area contributed by atoms with Gasteiger partial charge in [-0.05, 0) is 56.0 Å². The van der Waals surface area contributed by atoms with Crippen molar-refractivity contribution in [1.29, 1.82) is 0 Å². The zero-order valence-electron chi connectivity index (χ0n) is 14.5. The lowest BCUT2D eigenvalue weighted by Crippen LogP contribution is -2.43. The Hall–Kier alpha value is -1.64. The molecule has 140 valence electrons. The van der Waals surface area contributed by atoms with E-state index in [4.69, 9.17) is 9.84 Å². The molecule has 2 rings (SSSR count). The van der Waals surface area contributed by atoms with E-state index in [1.807, 2.05) is 6.92 Å². The topological polar surface area (TPSA) is 95.9 Å². The van der Waals surface area contributed by atoms with E-state index in [9.17, 15) is 13.2 Å². The molecule has 0 bridgehead atoms. The van der Waals surface area contributed by atoms with E-state index < -0.39 is 16.0 Å². The van der Waals surface area contributed by atoms with Crippen LogP contribution in [0.15, 0.2) is 29.2 Å². The Bertz CT molecular complexity index is 660. The molecule has 1 fully saturated rings. The van der Waals surface area contributed by atoms with Crippen molar-refractivity contribution in [3.05, 3.63) is 24.3 Å². The average Bonchev–Trinajstić information content (AvgIpc) is 2.60. The molecule has 1 aliphatic heterocycles. The van der Waals surface area contributed by atoms with Crippen molar-refractivity contribution in [2.24, 2.45) is 5.92 Å². The van der Waals surface area contributed by atoms with Crippen molar-refractivity contribution >= 4 is 16.0 Å². The molecule has 0 saturated carbocycles. The molecular formula is C17H26N2O5S. The lowest BCUT2D eigenvalue weighted by atomic mass is 10.00. The second-order valence-corrected chi connectivity index (χ2v) is 8.15. The third kappa shape index (κ3) is 5.69. The summed E-state index contributed by atoms with van der Waals surface area (Å²) in [5, 5.41) is 11.5. The molecule has 0 aliphatic carbocycles. The molecule has 0 amide bonds. The van der Waals surface area contributed by atoms with Gasteiger partial charge < -0.3 is 15.2 Å². The van der Waals surface area contributed by atoms with Gasteiger partial charge in [0.25, 0.3) is 0 Å². The van der Waals surface area contributed by atoms with Crippen LogP contribution < -0.4 is 10.1 Å². The van der Waals surface area contributed by atoms with Crippen molar-refractivity contribution in [3.63, 3.8) is 0 Å². The van der Waals surface area contributed by atoms with Gasteiger partial charge in [-0.3, -0.25) is 4.79 Å². The molecule has 1 atom stereocenters. The Labute approximate surface area is 149 Å². The minimum Gasteiger partial charge on any atom is -0.494 e. The first-order valence-corrected chi connectivity index (χ1v) is 10.0. The highest BCUT2D eigenvalue weighted by Crippen LogP contribution is 2.25. The van der Waals surface area contributed by atoms with Crippen LogP contribution in [-0.2, 0) is 14.8 Å². The predicted octanol–water partition coefficient (Wildman–Crippen LogP) is 1.55. The van der Waals surface area contributed by atoms with E-state index in [0.29, 0.717) is 32.0 Å². The fourth-order valence-electron chi connectivity index (χ4n) is 2.87. The Kier molecular flexibility index (Phi) is 7.22. The summed E-state index contributed by atoms with van der Waals surface area (Å²) in [5.41, 5.74) is 0. The normalized spacial score (nSPS) is 18.8. The first-order chi connectivity index (χ1) is 11.9. The van der Waals surface area contributed by atoms with Gasteiger partial charge in [-0.1, -0.05) is 6.92 Å². The van der Waals surface area contributed by atoms with Crippen LogP contribution in [0.3, 0.4) is 0 Å². The van der Waals surface area contributed by atoms with Crippen LogP contribution in [0.2, 0.25) is 0 Å². The summed E-state index contributed by atoms with van der Waals surface area (Å²) in [7, 11) is -3.54. The van der Waals surface area contributed by atoms with Crippen LogP contribution in [0.5, 0.6) is 5.75 Å². The average molecular weight is 370 g/mol. The third-order valence-electron chi connectivity index (χ3n) is 4.13. The number of hydrogen-bond acceptors (Lipinski definition) is 5. The lowest BCUT2D eigenvalue weighted by molar-refractivity contribution is -0.136. The Morgan fingerprint density at radius 3 is 2.72 bits per heavy atom. The predicted molar refractivity (Wildman–Crippen MR) is 94.2 cm³/mol. The van der Waals surface area contributed by atoms with Gasteiger partial charge in [-0.15, -0.1) is 0 Å². The summed E-state index contributed by atoms with van der Waals surface area (Å²) in [4.78, 5) is 10.8. The van der Waals surface area contributed by atoms with Gasteiger partial charge in [-0.2, -0.15) is 4.31 Å². The molecule has 1 saturated heterocycles. The summed E-state index contributed by atoms with van der Waals surface area (Å²) in [6.07, 6.45) is 2.56. The van der Waals surface area contributed by atoms with Crippen molar-refractivity contribution in [2.45, 2.75) is 31.1 Å². The van der Waals surface area contributed by atoms with Crippen LogP contribution in [0.1, 0.15) is 26.2 Å². The molecule has 0 aromatic heterocycles. The maximum Gasteiger partial charge on any atom is 0.317 e. The summed E-state index contributed by atoms with van der Waals surface area (Å²) in [5.74, 6) is -0.129. The van der Waals surface area contributed by atoms with Crippen LogP contribution in [0.4, 0.5) is 0 Å². The number of carbonyl (C=O) groups is 1. The number of ether oxygens (including phenoxy) is 1. The van der Waals surface area contributed by atoms with E-state index in [1.54, 1.807) is 24.3 Å². The second-order valence-electron chi connectivity index (χ2n) is 6.22. The maximum atomic E-state index is 12.8. The van der Waals surface area contributed by atoms with E-state index >= 15 is 0 Å². The van der Waals surface area contributed by atoms with Crippen LogP contribution in [-0.4, -0.2) is 56.6 Å². The smallest absolute Gasteiger partial charge is 0.317 e. The fraction of sp³-hybridized carbons (Fsp3) is 0.588. The largest absolute Gasteiger partial charge is 0.494 e. The number of rotatable bonds is 9. The highest BCUT2D eigenvalue weighted by Gasteiger charge is 2.30. The molecule has 0 radical (unpaired) electrons. The summed E-state index contributed by atoms with van der Waals surface area (Å²) < 4.78 is 32.6. The van der Waals surface area contributed by atoms with Crippen molar-refractivity contribution in [2.75, 3.05) is 32.8 Å². The lowest BCUT2D eigenvalue weighted by Gasteiger charge is -2.32. The Morgan fingerprint density at radius 2 is 2.08 bits per heavy atom. The molecule has 1 aromatic carbocycles. The molecule has 1 aliphatic rings. The minimum atomic E-state index is -3.54. The molecular weight excluding hydrogens is 344 g/mol. The molecule has 2 N–H and O–H groups in total. The summed E-state index contributed by atoms with van der Waals surface area (Å²) in [6, 6.07) is 6.51. The number of hydrogen-bond donors (Lipinski definition) is 2. The number of carboxylic acid groups (broad SMARTS) is 1. The van der Waals surface area contributed by atoms with Crippen molar-refractivity contribution in [1.82, 2.24) is 9.62 Å². The van der Waals surface area contributed by atoms with Crippen LogP contribution in [0.25, 0.3) is 0 Å². The zero-order chi connectivity index (χ0) is 18.3. The van der Waals surface area contributed by atoms with Gasteiger partial charge in [0.15, 0.2) is 0 Å². The molecule has 7 nitrogen and oxygen atoms in total. The van der Waals surface area contributed by atoms with E-state index in [1.165, 1.54) is 4.31 Å². The quantitative estimate of drug-likeness (QED) is 0.685. The highest BCUT2D eigenvalue weighted by atomic mass is 32.2. The third-order valence-corrected chi connectivity index (χ3v) is 6.00. The molecule has 25 heavy (non-hydrogen) atoms. The van der Waals surface area contributed by atoms with E-state index in [-0.39, 0.29) is 17.4 Å². The molecule has 0 spiro atoms. The van der Waals surface area contributed by atoms with Gasteiger partial charge in [0.1, 0.15) is 5.75 Å². The van der Waals surface area contributed by atoms with Crippen LogP contribution >= 0.6 is 0 Å². The second kappa shape index (κ2) is 9.17. The summed E-state index contributed by atoms with van der Waals surface area (Å²) in [6.45, 7) is 3.90. The molecule has 1 aromatic rings. The number of carboxylic acids is 1. The minimum absolute atomic E-state index is 0.109. The number of aliphatic carboxylic acids is 1. The first-order valence-electron chi connectivity index (χ1n) is 8.59. The van der Waals surface area contributed by atoms with E-state index in [0.717, 1.165) is 19.3 Å². The van der Waals surface area contributed by atoms with Gasteiger partial charge in [0.05, 0.1) is 18.0 Å². The molecule has 1 heterocycles. The SMILES string of the molecule is CCCOc1ccc(S(=O)(=O)N2CCCC(CNCC(=O)O)C2)cc1. The monoisotopic (exact) mass is 370 g/mol. The highest BCUT2D eigenvalue weighted by molar-refractivity contribution is 7.89. The fourth-order valence-corrected chi connectivity index (χ4v) is 4.43. The van der Waals surface area contributed by atoms with Crippen molar-refractivity contribution < 1.29 is 23.1 Å². The van der Waals surface area contributed by atoms with E-state index in [2.05, 4.69) is 5.32 Å². The first kappa shape index (κ1) is 19.7. The number of sulfonamides is 1. The van der Waals surface area contributed by atoms with Gasteiger partial charge in [0.2, 0.25) is 10.0 Å². The molecule has 8 heteroatoms. The zero-order valence-corrected chi connectivity index (χ0v) is 15.3. The number of nitrogens with one attached hydrogen (secondary N) is 1. The number of nitrogens with zero attached hydrogens (tertiary/aromatic N) is 1. The van der Waals surface area contributed by atoms with Gasteiger partial charge in [-0.25, -0.2) is 8.42 Å². The van der Waals surface area contributed by atoms with Gasteiger partial charge >= 0.3 is 5.97 Å². The number of benzene rings is 1. The Balaban J connectivity index is 1.99. The van der Waals surface area contributed by atoms with Crippen LogP contribution in [0, 0.1) is 5.92 Å². The maximum absolute atomic E-state index is 12.8. The summed E-state index contributed by atoms with van der Waals surface area (Å²) >= 11 is 0. The number of piperidine rings is 1. The van der Waals surface area contributed by atoms with Crippen molar-refractivity contribution in [3.8, 4) is 5.75 Å². The Morgan fingerprint density at radius 1 is 1.36 bits per heavy atom. The van der Waals surface area contributed by atoms with Gasteiger partial charge in [0, 0.05) is 13.1 Å². The standard InChI is InChI=1S/C17H26N2O5S/c1-2-10-24-15-5-7-16(8-6-15)25(22,23)19-9-3-4-14(13-19)11-18-12-17(20)21/h5-8,14,18H,2-4,9-13H2,1H3,(H,20,21). The molecule has 1 unspecified atom stereocenters.